The van der Waals surface area contributed by atoms with Crippen LogP contribution in [-0.2, 0) is 5.41 Å². The molecule has 1 N–H and O–H groups in total. The number of aryl methyl sites for hydroxylation is 1. The van der Waals surface area contributed by atoms with E-state index in [1.54, 1.807) is 7.11 Å². The first kappa shape index (κ1) is 13.9. The van der Waals surface area contributed by atoms with Gasteiger partial charge in [-0.2, -0.15) is 0 Å². The van der Waals surface area contributed by atoms with Gasteiger partial charge in [-0.15, -0.1) is 0 Å². The van der Waals surface area contributed by atoms with Crippen LogP contribution in [0.2, 0.25) is 0 Å². The maximum absolute atomic E-state index is 5.52. The zero-order chi connectivity index (χ0) is 14.4. The highest BCUT2D eigenvalue weighted by Crippen LogP contribution is 2.55. The molecular weight excluding hydrogens is 246 g/mol. The number of rotatable bonds is 5. The molecule has 0 bridgehead atoms. The summed E-state index contributed by atoms with van der Waals surface area (Å²) in [5.41, 5.74) is 3.46. The van der Waals surface area contributed by atoms with Crippen molar-refractivity contribution in [2.24, 2.45) is 5.41 Å². The van der Waals surface area contributed by atoms with Crippen LogP contribution < -0.4 is 10.1 Å². The van der Waals surface area contributed by atoms with Crippen LogP contribution in [-0.4, -0.2) is 19.7 Å². The Balaban J connectivity index is 1.84. The van der Waals surface area contributed by atoms with Crippen LogP contribution in [0.4, 0.5) is 0 Å². The SMILES string of the molecule is COc1cc(C2(CNC3CC3)CC(C)(C)C2)ccc1C. The first-order valence-electron chi connectivity index (χ1n) is 7.83. The zero-order valence-electron chi connectivity index (χ0n) is 13.3. The Hall–Kier alpha value is -1.02. The standard InChI is InChI=1S/C18H27NO/c1-13-5-6-14(9-16(13)20-4)18(10-17(2,3)11-18)12-19-15-7-8-15/h5-6,9,15,19H,7-8,10-12H2,1-4H3. The van der Waals surface area contributed by atoms with E-state index < -0.39 is 0 Å². The first-order chi connectivity index (χ1) is 9.44. The van der Waals surface area contributed by atoms with E-state index in [0.29, 0.717) is 10.8 Å². The summed E-state index contributed by atoms with van der Waals surface area (Å²) in [7, 11) is 1.77. The van der Waals surface area contributed by atoms with E-state index in [4.69, 9.17) is 4.74 Å². The van der Waals surface area contributed by atoms with Gasteiger partial charge in [0, 0.05) is 18.0 Å². The van der Waals surface area contributed by atoms with Gasteiger partial charge in [0.1, 0.15) is 5.75 Å². The van der Waals surface area contributed by atoms with Crippen LogP contribution in [0, 0.1) is 12.3 Å². The zero-order valence-corrected chi connectivity index (χ0v) is 13.3. The van der Waals surface area contributed by atoms with E-state index in [1.807, 2.05) is 0 Å². The van der Waals surface area contributed by atoms with Gasteiger partial charge in [-0.1, -0.05) is 26.0 Å². The van der Waals surface area contributed by atoms with E-state index in [2.05, 4.69) is 44.3 Å². The lowest BCUT2D eigenvalue weighted by molar-refractivity contribution is 0.0558. The molecule has 2 heteroatoms. The molecule has 0 amide bonds. The summed E-state index contributed by atoms with van der Waals surface area (Å²) in [6, 6.07) is 7.56. The van der Waals surface area contributed by atoms with Gasteiger partial charge < -0.3 is 10.1 Å². The molecule has 0 aromatic heterocycles. The molecule has 2 nitrogen and oxygen atoms in total. The van der Waals surface area contributed by atoms with Crippen molar-refractivity contribution >= 4 is 0 Å². The Bertz CT molecular complexity index is 494. The molecule has 0 spiro atoms. The molecule has 2 aliphatic rings. The summed E-state index contributed by atoms with van der Waals surface area (Å²) in [5.74, 6) is 1.03. The van der Waals surface area contributed by atoms with E-state index in [0.717, 1.165) is 18.3 Å². The fourth-order valence-corrected chi connectivity index (χ4v) is 3.99. The largest absolute Gasteiger partial charge is 0.496 e. The van der Waals surface area contributed by atoms with Crippen LogP contribution in [0.5, 0.6) is 5.75 Å². The van der Waals surface area contributed by atoms with Crippen LogP contribution >= 0.6 is 0 Å². The monoisotopic (exact) mass is 273 g/mol. The van der Waals surface area contributed by atoms with Crippen LogP contribution in [0.15, 0.2) is 18.2 Å². The van der Waals surface area contributed by atoms with Gasteiger partial charge in [0.15, 0.2) is 0 Å². The Morgan fingerprint density at radius 3 is 2.50 bits per heavy atom. The van der Waals surface area contributed by atoms with Crippen molar-refractivity contribution in [2.45, 2.75) is 57.9 Å². The summed E-state index contributed by atoms with van der Waals surface area (Å²) >= 11 is 0. The van der Waals surface area contributed by atoms with Gasteiger partial charge in [-0.05, 0) is 55.2 Å². The average molecular weight is 273 g/mol. The molecule has 1 aromatic rings. The summed E-state index contributed by atoms with van der Waals surface area (Å²) in [6.45, 7) is 8.00. The van der Waals surface area contributed by atoms with Crippen molar-refractivity contribution in [3.8, 4) is 5.75 Å². The minimum Gasteiger partial charge on any atom is -0.496 e. The quantitative estimate of drug-likeness (QED) is 0.880. The Kier molecular flexibility index (Phi) is 3.32. The van der Waals surface area contributed by atoms with E-state index >= 15 is 0 Å². The fourth-order valence-electron chi connectivity index (χ4n) is 3.99. The van der Waals surface area contributed by atoms with Crippen molar-refractivity contribution < 1.29 is 4.74 Å². The number of methoxy groups -OCH3 is 1. The lowest BCUT2D eigenvalue weighted by Crippen LogP contribution is -2.52. The Morgan fingerprint density at radius 1 is 1.25 bits per heavy atom. The van der Waals surface area contributed by atoms with E-state index in [9.17, 15) is 0 Å². The van der Waals surface area contributed by atoms with Crippen molar-refractivity contribution in [1.29, 1.82) is 0 Å². The molecule has 0 radical (unpaired) electrons. The van der Waals surface area contributed by atoms with Crippen LogP contribution in [0.25, 0.3) is 0 Å². The predicted octanol–water partition coefficient (Wildman–Crippen LogP) is 3.81. The summed E-state index contributed by atoms with van der Waals surface area (Å²) in [4.78, 5) is 0. The van der Waals surface area contributed by atoms with Crippen molar-refractivity contribution in [1.82, 2.24) is 5.32 Å². The molecule has 0 unspecified atom stereocenters. The molecule has 0 aliphatic heterocycles. The molecule has 2 saturated carbocycles. The molecule has 0 saturated heterocycles. The van der Waals surface area contributed by atoms with Crippen molar-refractivity contribution in [2.75, 3.05) is 13.7 Å². The molecule has 110 valence electrons. The molecule has 0 heterocycles. The highest BCUT2D eigenvalue weighted by Gasteiger charge is 2.50. The number of hydrogen-bond acceptors (Lipinski definition) is 2. The number of benzene rings is 1. The highest BCUT2D eigenvalue weighted by atomic mass is 16.5. The van der Waals surface area contributed by atoms with Gasteiger partial charge in [0.05, 0.1) is 7.11 Å². The summed E-state index contributed by atoms with van der Waals surface area (Å²) in [5, 5.41) is 3.75. The van der Waals surface area contributed by atoms with Crippen LogP contribution in [0.1, 0.15) is 50.7 Å². The molecular formula is C18H27NO. The predicted molar refractivity (Wildman–Crippen MR) is 83.4 cm³/mol. The van der Waals surface area contributed by atoms with Crippen molar-refractivity contribution in [3.05, 3.63) is 29.3 Å². The molecule has 3 rings (SSSR count). The maximum atomic E-state index is 5.52. The van der Waals surface area contributed by atoms with Gasteiger partial charge in [0.2, 0.25) is 0 Å². The molecule has 0 atom stereocenters. The topological polar surface area (TPSA) is 21.3 Å². The Morgan fingerprint density at radius 2 is 1.95 bits per heavy atom. The molecule has 2 aliphatic carbocycles. The van der Waals surface area contributed by atoms with Crippen molar-refractivity contribution in [3.63, 3.8) is 0 Å². The van der Waals surface area contributed by atoms with E-state index in [-0.39, 0.29) is 0 Å². The van der Waals surface area contributed by atoms with E-state index in [1.165, 1.54) is 36.8 Å². The minimum absolute atomic E-state index is 0.313. The highest BCUT2D eigenvalue weighted by molar-refractivity contribution is 5.42. The normalized spacial score (nSPS) is 23.2. The summed E-state index contributed by atoms with van der Waals surface area (Å²) in [6.07, 6.45) is 5.26. The number of ether oxygens (including phenoxy) is 1. The molecule has 2 fully saturated rings. The minimum atomic E-state index is 0.313. The fraction of sp³-hybridized carbons (Fsp3) is 0.667. The van der Waals surface area contributed by atoms with Crippen LogP contribution in [0.3, 0.4) is 0 Å². The smallest absolute Gasteiger partial charge is 0.122 e. The number of nitrogens with one attached hydrogen (secondary N) is 1. The molecule has 1 aromatic carbocycles. The van der Waals surface area contributed by atoms with Gasteiger partial charge in [0.25, 0.3) is 0 Å². The lowest BCUT2D eigenvalue weighted by Gasteiger charge is -2.54. The third-order valence-electron chi connectivity index (χ3n) is 4.96. The molecule has 20 heavy (non-hydrogen) atoms. The second-order valence-corrected chi connectivity index (χ2v) is 7.64. The second-order valence-electron chi connectivity index (χ2n) is 7.64. The third-order valence-corrected chi connectivity index (χ3v) is 4.96. The Labute approximate surface area is 122 Å². The number of hydrogen-bond donors (Lipinski definition) is 1. The third kappa shape index (κ3) is 2.58. The average Bonchev–Trinajstić information content (AvgIpc) is 3.18. The van der Waals surface area contributed by atoms with Gasteiger partial charge in [-0.25, -0.2) is 0 Å². The maximum Gasteiger partial charge on any atom is 0.122 e. The van der Waals surface area contributed by atoms with Gasteiger partial charge in [-0.3, -0.25) is 0 Å². The van der Waals surface area contributed by atoms with Gasteiger partial charge >= 0.3 is 0 Å². The lowest BCUT2D eigenvalue weighted by atomic mass is 9.52. The summed E-state index contributed by atoms with van der Waals surface area (Å²) < 4.78 is 5.52. The second kappa shape index (κ2) is 4.77. The first-order valence-corrected chi connectivity index (χ1v) is 7.83.